The number of nitrogens with zero attached hydrogens (tertiary/aromatic N) is 3. The second kappa shape index (κ2) is 9.17. The topological polar surface area (TPSA) is 88.9 Å². The minimum Gasteiger partial charge on any atom is -0.354 e. The summed E-state index contributed by atoms with van der Waals surface area (Å²) in [5, 5.41) is 9.18. The molecule has 0 saturated heterocycles. The van der Waals surface area contributed by atoms with Crippen LogP contribution in [0.4, 0.5) is 14.6 Å². The van der Waals surface area contributed by atoms with E-state index >= 15 is 0 Å². The Morgan fingerprint density at radius 2 is 1.73 bits per heavy atom. The van der Waals surface area contributed by atoms with E-state index in [1.807, 2.05) is 6.07 Å². The van der Waals surface area contributed by atoms with E-state index in [1.54, 1.807) is 24.3 Å². The summed E-state index contributed by atoms with van der Waals surface area (Å²) in [5.74, 6) is -2.56. The lowest BCUT2D eigenvalue weighted by atomic mass is 10.1. The van der Waals surface area contributed by atoms with Gasteiger partial charge in [0, 0.05) is 24.9 Å². The molecule has 2 heterocycles. The second-order valence-corrected chi connectivity index (χ2v) is 7.25. The molecule has 0 spiro atoms. The van der Waals surface area contributed by atoms with Crippen molar-refractivity contribution in [2.24, 2.45) is 0 Å². The first-order valence-electron chi connectivity index (χ1n) is 9.68. The van der Waals surface area contributed by atoms with Crippen molar-refractivity contribution < 1.29 is 18.4 Å². The molecular weight excluding hydrogens is 452 g/mol. The van der Waals surface area contributed by atoms with Crippen LogP contribution in [0.2, 0.25) is 5.02 Å². The Bertz CT molecular complexity index is 1360. The van der Waals surface area contributed by atoms with Crippen LogP contribution < -0.4 is 10.6 Å². The van der Waals surface area contributed by atoms with Gasteiger partial charge in [0.05, 0.1) is 16.3 Å². The molecule has 0 aliphatic carbocycles. The number of hydrogen-bond donors (Lipinski definition) is 2. The van der Waals surface area contributed by atoms with Crippen LogP contribution in [0.15, 0.2) is 66.9 Å². The first kappa shape index (κ1) is 22.1. The normalized spacial score (nSPS) is 10.7. The number of pyridine rings is 1. The Kier molecular flexibility index (Phi) is 6.14. The van der Waals surface area contributed by atoms with Gasteiger partial charge in [-0.15, -0.1) is 0 Å². The van der Waals surface area contributed by atoms with Crippen molar-refractivity contribution >= 4 is 29.2 Å². The number of carbonyl (C=O) groups excluding carboxylic acids is 2. The lowest BCUT2D eigenvalue weighted by Crippen LogP contribution is -2.18. The van der Waals surface area contributed by atoms with Gasteiger partial charge in [-0.05, 0) is 36.4 Å². The molecule has 4 aromatic rings. The van der Waals surface area contributed by atoms with E-state index in [0.29, 0.717) is 5.69 Å². The smallest absolute Gasteiger partial charge is 0.271 e. The molecule has 2 aromatic carbocycles. The minimum atomic E-state index is -0.828. The Labute approximate surface area is 192 Å². The number of halogens is 3. The van der Waals surface area contributed by atoms with E-state index in [2.05, 4.69) is 20.7 Å². The molecule has 0 bridgehead atoms. The van der Waals surface area contributed by atoms with Gasteiger partial charge in [-0.1, -0.05) is 29.8 Å². The minimum absolute atomic E-state index is 0.0677. The van der Waals surface area contributed by atoms with E-state index in [4.69, 9.17) is 11.6 Å². The fourth-order valence-electron chi connectivity index (χ4n) is 3.15. The fourth-order valence-corrected chi connectivity index (χ4v) is 3.38. The van der Waals surface area contributed by atoms with Crippen molar-refractivity contribution in [3.63, 3.8) is 0 Å². The summed E-state index contributed by atoms with van der Waals surface area (Å²) >= 11 is 6.12. The average molecular weight is 468 g/mol. The Morgan fingerprint density at radius 1 is 0.970 bits per heavy atom. The zero-order valence-electron chi connectivity index (χ0n) is 17.1. The summed E-state index contributed by atoms with van der Waals surface area (Å²) in [6.45, 7) is 0. The van der Waals surface area contributed by atoms with Crippen molar-refractivity contribution in [2.75, 3.05) is 12.4 Å². The van der Waals surface area contributed by atoms with Crippen LogP contribution in [0.3, 0.4) is 0 Å². The Balaban J connectivity index is 1.75. The molecule has 10 heteroatoms. The quantitative estimate of drug-likeness (QED) is 0.453. The monoisotopic (exact) mass is 467 g/mol. The summed E-state index contributed by atoms with van der Waals surface area (Å²) in [6.07, 6.45) is 1.31. The van der Waals surface area contributed by atoms with Crippen LogP contribution in [0, 0.1) is 11.6 Å². The number of benzene rings is 2. The zero-order chi connectivity index (χ0) is 23.5. The predicted octanol–water partition coefficient (Wildman–Crippen LogP) is 4.48. The highest BCUT2D eigenvalue weighted by molar-refractivity contribution is 6.34. The van der Waals surface area contributed by atoms with E-state index in [9.17, 15) is 18.4 Å². The van der Waals surface area contributed by atoms with Crippen molar-refractivity contribution in [1.29, 1.82) is 0 Å². The molecule has 4 rings (SSSR count). The number of nitrogens with one attached hydrogen (secondary N) is 2. The van der Waals surface area contributed by atoms with Gasteiger partial charge in [0.25, 0.3) is 11.8 Å². The number of carbonyl (C=O) groups is 2. The van der Waals surface area contributed by atoms with Gasteiger partial charge in [0.15, 0.2) is 5.69 Å². The van der Waals surface area contributed by atoms with Crippen molar-refractivity contribution in [2.45, 2.75) is 0 Å². The first-order chi connectivity index (χ1) is 15.9. The number of para-hydroxylation sites is 1. The Morgan fingerprint density at radius 3 is 2.42 bits per heavy atom. The number of hydrogen-bond acceptors (Lipinski definition) is 4. The fraction of sp³-hybridized carbons (Fsp3) is 0.0435. The summed E-state index contributed by atoms with van der Waals surface area (Å²) in [7, 11) is 1.46. The van der Waals surface area contributed by atoms with E-state index in [0.717, 1.165) is 18.2 Å². The van der Waals surface area contributed by atoms with E-state index in [-0.39, 0.29) is 33.4 Å². The maximum absolute atomic E-state index is 14.5. The highest BCUT2D eigenvalue weighted by Gasteiger charge is 2.21. The zero-order valence-corrected chi connectivity index (χ0v) is 17.9. The molecule has 0 radical (unpaired) electrons. The first-order valence-corrected chi connectivity index (χ1v) is 10.1. The molecule has 33 heavy (non-hydrogen) atoms. The van der Waals surface area contributed by atoms with Gasteiger partial charge >= 0.3 is 0 Å². The lowest BCUT2D eigenvalue weighted by Gasteiger charge is -2.11. The summed E-state index contributed by atoms with van der Waals surface area (Å²) < 4.78 is 30.1. The van der Waals surface area contributed by atoms with Gasteiger partial charge in [0.1, 0.15) is 23.1 Å². The van der Waals surface area contributed by atoms with Gasteiger partial charge in [-0.2, -0.15) is 5.10 Å². The molecule has 2 amide bonds. The molecule has 0 fully saturated rings. The molecule has 166 valence electrons. The van der Waals surface area contributed by atoms with Crippen LogP contribution in [-0.4, -0.2) is 33.6 Å². The van der Waals surface area contributed by atoms with Crippen molar-refractivity contribution in [3.8, 4) is 16.9 Å². The molecule has 2 N–H and O–H groups in total. The summed E-state index contributed by atoms with van der Waals surface area (Å²) in [4.78, 5) is 29.0. The maximum atomic E-state index is 14.5. The molecular formula is C23H16ClF2N5O2. The number of aromatic nitrogens is 3. The SMILES string of the molecule is CNC(=O)c1cc(NC(=O)c2cc(-c3ncccc3F)c(F)cc2Cl)n(-c2ccccc2)n1. The standard InChI is InChI=1S/C23H16ClF2N5O2/c1-27-23(33)19-12-20(31(30-19)13-6-3-2-4-7-13)29-22(32)14-10-15(18(26)11-16(14)24)21-17(25)8-5-9-28-21/h2-12H,1H3,(H,27,33)(H,29,32). The van der Waals surface area contributed by atoms with Gasteiger partial charge in [-0.3, -0.25) is 14.6 Å². The molecule has 2 aromatic heterocycles. The molecule has 0 unspecified atom stereocenters. The molecule has 0 saturated carbocycles. The van der Waals surface area contributed by atoms with Crippen LogP contribution >= 0.6 is 11.6 Å². The summed E-state index contributed by atoms with van der Waals surface area (Å²) in [5.41, 5.74) is 0.0742. The highest BCUT2D eigenvalue weighted by atomic mass is 35.5. The van der Waals surface area contributed by atoms with Crippen LogP contribution in [-0.2, 0) is 0 Å². The third-order valence-corrected chi connectivity index (χ3v) is 5.04. The highest BCUT2D eigenvalue weighted by Crippen LogP contribution is 2.30. The Hall–Kier alpha value is -4.11. The maximum Gasteiger partial charge on any atom is 0.271 e. The van der Waals surface area contributed by atoms with Crippen molar-refractivity contribution in [3.05, 3.63) is 94.8 Å². The van der Waals surface area contributed by atoms with E-state index < -0.39 is 23.4 Å². The van der Waals surface area contributed by atoms with Crippen LogP contribution in [0.5, 0.6) is 0 Å². The van der Waals surface area contributed by atoms with Crippen LogP contribution in [0.1, 0.15) is 20.8 Å². The third-order valence-electron chi connectivity index (χ3n) is 4.73. The third kappa shape index (κ3) is 4.44. The summed E-state index contributed by atoms with van der Waals surface area (Å²) in [6, 6.07) is 14.8. The second-order valence-electron chi connectivity index (χ2n) is 6.84. The largest absolute Gasteiger partial charge is 0.354 e. The van der Waals surface area contributed by atoms with Crippen molar-refractivity contribution in [1.82, 2.24) is 20.1 Å². The molecule has 0 atom stereocenters. The molecule has 0 aliphatic heterocycles. The number of amides is 2. The average Bonchev–Trinajstić information content (AvgIpc) is 3.23. The number of anilines is 1. The van der Waals surface area contributed by atoms with Gasteiger partial charge in [0.2, 0.25) is 0 Å². The predicted molar refractivity (Wildman–Crippen MR) is 120 cm³/mol. The van der Waals surface area contributed by atoms with Gasteiger partial charge in [-0.25, -0.2) is 13.5 Å². The molecule has 7 nitrogen and oxygen atoms in total. The van der Waals surface area contributed by atoms with Gasteiger partial charge < -0.3 is 10.6 Å². The van der Waals surface area contributed by atoms with E-state index in [1.165, 1.54) is 30.1 Å². The lowest BCUT2D eigenvalue weighted by molar-refractivity contribution is 0.0956. The van der Waals surface area contributed by atoms with Crippen LogP contribution in [0.25, 0.3) is 16.9 Å². The number of rotatable bonds is 5. The molecule has 0 aliphatic rings.